The maximum absolute atomic E-state index is 5.08. The zero-order valence-corrected chi connectivity index (χ0v) is 16.2. The number of nitrogens with zero attached hydrogens (tertiary/aromatic N) is 3. The lowest BCUT2D eigenvalue weighted by atomic mass is 10.3. The van der Waals surface area contributed by atoms with E-state index in [2.05, 4.69) is 60.2 Å². The molecule has 0 aromatic heterocycles. The molecule has 138 valence electrons. The first-order valence-electron chi connectivity index (χ1n) is 8.98. The monoisotopic (exact) mass is 329 g/mol. The summed E-state index contributed by atoms with van der Waals surface area (Å²) >= 11 is 0. The zero-order valence-electron chi connectivity index (χ0n) is 16.2. The zero-order chi connectivity index (χ0) is 17.5. The summed E-state index contributed by atoms with van der Waals surface area (Å²) < 4.78 is 5.08. The Bertz CT molecular complexity index is 297. The quantitative estimate of drug-likeness (QED) is 0.302. The Labute approximate surface area is 143 Å². The number of methoxy groups -OCH3 is 1. The van der Waals surface area contributed by atoms with Gasteiger partial charge >= 0.3 is 0 Å². The molecule has 0 saturated carbocycles. The van der Waals surface area contributed by atoms with Gasteiger partial charge in [0.2, 0.25) is 0 Å². The minimum atomic E-state index is 0.575. The number of likely N-dealkylation sites (N-methyl/N-ethyl adjacent to an activating group) is 2. The van der Waals surface area contributed by atoms with E-state index in [9.17, 15) is 0 Å². The van der Waals surface area contributed by atoms with Crippen molar-refractivity contribution in [3.8, 4) is 0 Å². The van der Waals surface area contributed by atoms with Crippen molar-refractivity contribution in [2.24, 2.45) is 4.99 Å². The molecule has 0 bridgehead atoms. The molecule has 23 heavy (non-hydrogen) atoms. The van der Waals surface area contributed by atoms with E-state index in [0.29, 0.717) is 6.04 Å². The van der Waals surface area contributed by atoms with Gasteiger partial charge in [0.25, 0.3) is 0 Å². The van der Waals surface area contributed by atoms with Gasteiger partial charge in [-0.3, -0.25) is 9.89 Å². The Balaban J connectivity index is 4.07. The lowest BCUT2D eigenvalue weighted by Crippen LogP contribution is -2.41. The Morgan fingerprint density at radius 3 is 2.43 bits per heavy atom. The molecule has 0 amide bonds. The standard InChI is InChI=1S/C17H39N5O/c1-7-18-17(20-11-14-22(8-2)16(3)4)19-10-13-21(5)12-9-15-23-6/h16H,7-15H2,1-6H3,(H2,18,19,20). The molecule has 0 aliphatic rings. The van der Waals surface area contributed by atoms with Crippen LogP contribution in [0, 0.1) is 0 Å². The molecule has 0 saturated heterocycles. The summed E-state index contributed by atoms with van der Waals surface area (Å²) in [5, 5.41) is 6.72. The first-order chi connectivity index (χ1) is 11.0. The SMILES string of the molecule is CCNC(=NCCN(CC)C(C)C)NCCN(C)CCCOC. The Hall–Kier alpha value is -0.850. The van der Waals surface area contributed by atoms with Crippen molar-refractivity contribution in [3.63, 3.8) is 0 Å². The van der Waals surface area contributed by atoms with Gasteiger partial charge in [0, 0.05) is 52.5 Å². The third-order valence-corrected chi connectivity index (χ3v) is 3.81. The van der Waals surface area contributed by atoms with E-state index in [1.54, 1.807) is 7.11 Å². The van der Waals surface area contributed by atoms with Gasteiger partial charge in [-0.2, -0.15) is 0 Å². The summed E-state index contributed by atoms with van der Waals surface area (Å²) in [7, 11) is 3.89. The predicted octanol–water partition coefficient (Wildman–Crippen LogP) is 1.24. The summed E-state index contributed by atoms with van der Waals surface area (Å²) in [4.78, 5) is 9.41. The number of hydrogen-bond acceptors (Lipinski definition) is 4. The Kier molecular flexibility index (Phi) is 14.2. The molecule has 0 fully saturated rings. The lowest BCUT2D eigenvalue weighted by Gasteiger charge is -2.24. The van der Waals surface area contributed by atoms with E-state index in [4.69, 9.17) is 4.74 Å². The average Bonchev–Trinajstić information content (AvgIpc) is 2.51. The van der Waals surface area contributed by atoms with Crippen molar-refractivity contribution in [1.82, 2.24) is 20.4 Å². The normalized spacial score (nSPS) is 12.5. The molecule has 0 rings (SSSR count). The minimum Gasteiger partial charge on any atom is -0.385 e. The van der Waals surface area contributed by atoms with Gasteiger partial charge < -0.3 is 20.3 Å². The molecule has 0 radical (unpaired) electrons. The second kappa shape index (κ2) is 14.7. The maximum Gasteiger partial charge on any atom is 0.191 e. The molecule has 0 aromatic carbocycles. The van der Waals surface area contributed by atoms with Gasteiger partial charge in [-0.15, -0.1) is 0 Å². The molecule has 0 unspecified atom stereocenters. The smallest absolute Gasteiger partial charge is 0.191 e. The van der Waals surface area contributed by atoms with E-state index in [-0.39, 0.29) is 0 Å². The van der Waals surface area contributed by atoms with Crippen LogP contribution in [-0.4, -0.2) is 88.4 Å². The van der Waals surface area contributed by atoms with Crippen LogP contribution in [0.15, 0.2) is 4.99 Å². The van der Waals surface area contributed by atoms with E-state index in [1.807, 2.05) is 0 Å². The first kappa shape index (κ1) is 22.1. The fourth-order valence-electron chi connectivity index (χ4n) is 2.37. The largest absolute Gasteiger partial charge is 0.385 e. The van der Waals surface area contributed by atoms with Gasteiger partial charge in [0.1, 0.15) is 0 Å². The summed E-state index contributed by atoms with van der Waals surface area (Å²) in [6.45, 7) is 16.3. The Morgan fingerprint density at radius 2 is 1.87 bits per heavy atom. The molecule has 0 aliphatic carbocycles. The van der Waals surface area contributed by atoms with Crippen LogP contribution >= 0.6 is 0 Å². The second-order valence-electron chi connectivity index (χ2n) is 6.06. The van der Waals surface area contributed by atoms with Crippen LogP contribution in [0.1, 0.15) is 34.1 Å². The summed E-state index contributed by atoms with van der Waals surface area (Å²) in [6.07, 6.45) is 1.07. The Morgan fingerprint density at radius 1 is 1.13 bits per heavy atom. The van der Waals surface area contributed by atoms with Crippen molar-refractivity contribution < 1.29 is 4.74 Å². The van der Waals surface area contributed by atoms with Crippen LogP contribution in [0.2, 0.25) is 0 Å². The van der Waals surface area contributed by atoms with Crippen LogP contribution in [0.25, 0.3) is 0 Å². The van der Waals surface area contributed by atoms with E-state index in [1.165, 1.54) is 0 Å². The van der Waals surface area contributed by atoms with Crippen molar-refractivity contribution in [2.45, 2.75) is 40.2 Å². The van der Waals surface area contributed by atoms with Crippen molar-refractivity contribution in [1.29, 1.82) is 0 Å². The van der Waals surface area contributed by atoms with Crippen LogP contribution in [-0.2, 0) is 4.74 Å². The van der Waals surface area contributed by atoms with Gasteiger partial charge in [0.15, 0.2) is 5.96 Å². The van der Waals surface area contributed by atoms with Crippen LogP contribution < -0.4 is 10.6 Å². The van der Waals surface area contributed by atoms with Gasteiger partial charge in [0.05, 0.1) is 6.54 Å². The molecule has 2 N–H and O–H groups in total. The molecule has 0 aliphatic heterocycles. The molecular weight excluding hydrogens is 290 g/mol. The van der Waals surface area contributed by atoms with E-state index < -0.39 is 0 Å². The van der Waals surface area contributed by atoms with Crippen LogP contribution in [0.3, 0.4) is 0 Å². The molecule has 0 heterocycles. The van der Waals surface area contributed by atoms with Crippen molar-refractivity contribution in [2.75, 3.05) is 66.6 Å². The number of rotatable bonds is 13. The molecule has 0 spiro atoms. The van der Waals surface area contributed by atoms with Crippen molar-refractivity contribution >= 4 is 5.96 Å². The van der Waals surface area contributed by atoms with Crippen LogP contribution in [0.5, 0.6) is 0 Å². The summed E-state index contributed by atoms with van der Waals surface area (Å²) in [5.74, 6) is 0.914. The summed E-state index contributed by atoms with van der Waals surface area (Å²) in [5.41, 5.74) is 0. The van der Waals surface area contributed by atoms with Crippen molar-refractivity contribution in [3.05, 3.63) is 0 Å². The van der Waals surface area contributed by atoms with Gasteiger partial charge in [-0.1, -0.05) is 6.92 Å². The highest BCUT2D eigenvalue weighted by atomic mass is 16.5. The van der Waals surface area contributed by atoms with Gasteiger partial charge in [-0.25, -0.2) is 0 Å². The number of hydrogen-bond donors (Lipinski definition) is 2. The second-order valence-corrected chi connectivity index (χ2v) is 6.06. The number of aliphatic imine (C=N–C) groups is 1. The molecular formula is C17H39N5O. The fourth-order valence-corrected chi connectivity index (χ4v) is 2.37. The number of nitrogens with one attached hydrogen (secondary N) is 2. The number of guanidine groups is 1. The van der Waals surface area contributed by atoms with E-state index in [0.717, 1.165) is 64.8 Å². The average molecular weight is 330 g/mol. The predicted molar refractivity (Wildman–Crippen MR) is 100 cm³/mol. The molecule has 6 nitrogen and oxygen atoms in total. The van der Waals surface area contributed by atoms with Gasteiger partial charge in [-0.05, 0) is 40.8 Å². The third kappa shape index (κ3) is 12.3. The highest BCUT2D eigenvalue weighted by Gasteiger charge is 2.06. The number of ether oxygens (including phenoxy) is 1. The topological polar surface area (TPSA) is 52.1 Å². The first-order valence-corrected chi connectivity index (χ1v) is 8.98. The molecule has 0 aromatic rings. The van der Waals surface area contributed by atoms with E-state index >= 15 is 0 Å². The highest BCUT2D eigenvalue weighted by molar-refractivity contribution is 5.79. The fraction of sp³-hybridized carbons (Fsp3) is 0.941. The molecule has 6 heteroatoms. The minimum absolute atomic E-state index is 0.575. The maximum atomic E-state index is 5.08. The van der Waals surface area contributed by atoms with Crippen LogP contribution in [0.4, 0.5) is 0 Å². The molecule has 0 atom stereocenters. The highest BCUT2D eigenvalue weighted by Crippen LogP contribution is 1.96. The third-order valence-electron chi connectivity index (χ3n) is 3.81. The summed E-state index contributed by atoms with van der Waals surface area (Å²) in [6, 6.07) is 0.575. The lowest BCUT2D eigenvalue weighted by molar-refractivity contribution is 0.180.